The number of aromatic hydroxyl groups is 1. The van der Waals surface area contributed by atoms with Crippen LogP contribution in [0.3, 0.4) is 0 Å². The maximum absolute atomic E-state index is 9.74. The fraction of sp³-hybridized carbons (Fsp3) is 0.250. The summed E-state index contributed by atoms with van der Waals surface area (Å²) in [5, 5.41) is 10.7. The summed E-state index contributed by atoms with van der Waals surface area (Å²) in [4.78, 5) is 4.13. The van der Waals surface area contributed by atoms with Gasteiger partial charge in [-0.05, 0) is 29.7 Å². The molecule has 17 heavy (non-hydrogen) atoms. The molecule has 0 fully saturated rings. The Labute approximate surface area is 119 Å². The molecule has 0 aliphatic rings. The summed E-state index contributed by atoms with van der Waals surface area (Å²) in [6, 6.07) is 7.71. The summed E-state index contributed by atoms with van der Waals surface area (Å²) >= 11 is 0. The minimum Gasteiger partial charge on any atom is -0.506 e. The number of rotatable bonds is 1. The molecule has 0 bridgehead atoms. The van der Waals surface area contributed by atoms with E-state index in [1.165, 1.54) is 0 Å². The molecular formula is C12H17BiNO3. The first-order valence-corrected chi connectivity index (χ1v) is 4.76. The van der Waals surface area contributed by atoms with Crippen LogP contribution in [0.5, 0.6) is 5.75 Å². The second kappa shape index (κ2) is 7.54. The van der Waals surface area contributed by atoms with Crippen LogP contribution in [0.1, 0.15) is 25.3 Å². The fourth-order valence-corrected chi connectivity index (χ4v) is 1.53. The molecule has 5 heteroatoms. The van der Waals surface area contributed by atoms with Gasteiger partial charge in [-0.2, -0.15) is 0 Å². The zero-order chi connectivity index (χ0) is 10.1. The van der Waals surface area contributed by atoms with E-state index >= 15 is 0 Å². The van der Waals surface area contributed by atoms with E-state index in [0.717, 1.165) is 10.9 Å². The van der Waals surface area contributed by atoms with Crippen molar-refractivity contribution in [3.8, 4) is 5.75 Å². The number of aromatic nitrogens is 1. The van der Waals surface area contributed by atoms with Gasteiger partial charge in [-0.15, -0.1) is 0 Å². The van der Waals surface area contributed by atoms with Crippen LogP contribution in [0.25, 0.3) is 10.9 Å². The number of fused-ring (bicyclic) bond motifs is 1. The summed E-state index contributed by atoms with van der Waals surface area (Å²) in [5.41, 5.74) is 1.82. The molecule has 0 saturated heterocycles. The second-order valence-corrected chi connectivity index (χ2v) is 3.77. The van der Waals surface area contributed by atoms with Gasteiger partial charge in [-0.3, -0.25) is 4.98 Å². The van der Waals surface area contributed by atoms with Crippen molar-refractivity contribution >= 4 is 37.1 Å². The molecule has 4 nitrogen and oxygen atoms in total. The van der Waals surface area contributed by atoms with Crippen LogP contribution in [-0.4, -0.2) is 47.2 Å². The Hall–Kier alpha value is -0.767. The first-order valence-electron chi connectivity index (χ1n) is 4.76. The number of nitrogens with zero attached hydrogens (tertiary/aromatic N) is 1. The molecule has 0 saturated carbocycles. The summed E-state index contributed by atoms with van der Waals surface area (Å²) in [5.74, 6) is 0.692. The van der Waals surface area contributed by atoms with Crippen LogP contribution >= 0.6 is 0 Å². The zero-order valence-corrected chi connectivity index (χ0v) is 13.3. The van der Waals surface area contributed by atoms with Crippen molar-refractivity contribution in [3.05, 3.63) is 36.0 Å². The maximum atomic E-state index is 9.74. The van der Waals surface area contributed by atoms with Crippen molar-refractivity contribution in [2.24, 2.45) is 0 Å². The van der Waals surface area contributed by atoms with Crippen LogP contribution in [0.15, 0.2) is 30.5 Å². The quantitative estimate of drug-likeness (QED) is 0.682. The van der Waals surface area contributed by atoms with Gasteiger partial charge in [0, 0.05) is 37.8 Å². The van der Waals surface area contributed by atoms with Crippen LogP contribution in [0.2, 0.25) is 0 Å². The van der Waals surface area contributed by atoms with Crippen molar-refractivity contribution in [1.82, 2.24) is 4.98 Å². The Morgan fingerprint density at radius 1 is 1.18 bits per heavy atom. The van der Waals surface area contributed by atoms with Crippen LogP contribution in [0.4, 0.5) is 0 Å². The zero-order valence-electron chi connectivity index (χ0n) is 9.81. The monoisotopic (exact) mass is 432 g/mol. The van der Waals surface area contributed by atoms with Gasteiger partial charge in [0.2, 0.25) is 0 Å². The fourth-order valence-electron chi connectivity index (χ4n) is 1.53. The molecule has 0 amide bonds. The third-order valence-electron chi connectivity index (χ3n) is 2.37. The molecule has 2 aromatic rings. The number of pyridine rings is 1. The van der Waals surface area contributed by atoms with Gasteiger partial charge < -0.3 is 16.1 Å². The average Bonchev–Trinajstić information content (AvgIpc) is 2.17. The molecule has 1 aromatic carbocycles. The average molecular weight is 432 g/mol. The van der Waals surface area contributed by atoms with Gasteiger partial charge in [0.25, 0.3) is 0 Å². The predicted octanol–water partition coefficient (Wildman–Crippen LogP) is 1.03. The van der Waals surface area contributed by atoms with E-state index in [9.17, 15) is 5.11 Å². The van der Waals surface area contributed by atoms with E-state index < -0.39 is 0 Å². The Bertz CT molecular complexity index is 474. The van der Waals surface area contributed by atoms with Crippen molar-refractivity contribution in [2.45, 2.75) is 19.8 Å². The third-order valence-corrected chi connectivity index (χ3v) is 2.37. The Kier molecular flexibility index (Phi) is 8.25. The first kappa shape index (κ1) is 18.6. The molecule has 5 N–H and O–H groups in total. The van der Waals surface area contributed by atoms with Crippen molar-refractivity contribution in [2.75, 3.05) is 0 Å². The van der Waals surface area contributed by atoms with Gasteiger partial charge in [0.1, 0.15) is 11.3 Å². The van der Waals surface area contributed by atoms with Gasteiger partial charge in [0.05, 0.1) is 0 Å². The van der Waals surface area contributed by atoms with E-state index in [4.69, 9.17) is 0 Å². The smallest absolute Gasteiger partial charge is 0.142 e. The normalized spacial score (nSPS) is 9.12. The molecule has 0 atom stereocenters. The van der Waals surface area contributed by atoms with Crippen molar-refractivity contribution in [3.63, 3.8) is 0 Å². The molecule has 0 unspecified atom stereocenters. The minimum absolute atomic E-state index is 0. The summed E-state index contributed by atoms with van der Waals surface area (Å²) in [6.07, 6.45) is 1.69. The van der Waals surface area contributed by atoms with E-state index in [1.54, 1.807) is 12.3 Å². The largest absolute Gasteiger partial charge is 0.506 e. The predicted molar refractivity (Wildman–Crippen MR) is 70.5 cm³/mol. The number of hydrogen-bond donors (Lipinski definition) is 1. The molecule has 1 aromatic heterocycles. The first-order chi connectivity index (χ1) is 6.68. The number of hydrogen-bond acceptors (Lipinski definition) is 2. The molecule has 0 aliphatic carbocycles. The molecule has 0 aliphatic heterocycles. The molecule has 1 heterocycles. The number of benzene rings is 1. The SMILES string of the molecule is CC(C)c1cc(O)c2ncccc2c1.O.O.[Bi]. The molecule has 3 radical (unpaired) electrons. The van der Waals surface area contributed by atoms with Crippen molar-refractivity contribution < 1.29 is 16.1 Å². The van der Waals surface area contributed by atoms with Gasteiger partial charge in [0.15, 0.2) is 0 Å². The molecule has 93 valence electrons. The Morgan fingerprint density at radius 3 is 2.41 bits per heavy atom. The third kappa shape index (κ3) is 3.88. The van der Waals surface area contributed by atoms with E-state index in [-0.39, 0.29) is 42.9 Å². The molecular weight excluding hydrogens is 415 g/mol. The summed E-state index contributed by atoms with van der Waals surface area (Å²) in [7, 11) is 0. The van der Waals surface area contributed by atoms with Gasteiger partial charge in [-0.1, -0.05) is 19.9 Å². The van der Waals surface area contributed by atoms with Gasteiger partial charge >= 0.3 is 0 Å². The Balaban J connectivity index is 0. The minimum atomic E-state index is 0. The van der Waals surface area contributed by atoms with E-state index in [2.05, 4.69) is 24.9 Å². The maximum Gasteiger partial charge on any atom is 0.142 e. The van der Waals surface area contributed by atoms with Crippen molar-refractivity contribution in [1.29, 1.82) is 0 Å². The van der Waals surface area contributed by atoms with E-state index in [1.807, 2.05) is 12.1 Å². The molecule has 2 rings (SSSR count). The van der Waals surface area contributed by atoms with Crippen LogP contribution in [-0.2, 0) is 0 Å². The Morgan fingerprint density at radius 2 is 1.82 bits per heavy atom. The molecule has 0 spiro atoms. The van der Waals surface area contributed by atoms with Crippen LogP contribution in [0, 0.1) is 0 Å². The summed E-state index contributed by atoms with van der Waals surface area (Å²) < 4.78 is 0. The second-order valence-electron chi connectivity index (χ2n) is 3.77. The standard InChI is InChI=1S/C12H13NO.Bi.2H2O/c1-8(2)10-6-9-4-3-5-13-12(9)11(14)7-10;;;/h3-8,14H,1-2H3;;2*1H2. The topological polar surface area (TPSA) is 96.1 Å². The number of phenolic OH excluding ortho intramolecular Hbond substituents is 1. The van der Waals surface area contributed by atoms with Crippen LogP contribution < -0.4 is 0 Å². The van der Waals surface area contributed by atoms with E-state index in [0.29, 0.717) is 11.4 Å². The van der Waals surface area contributed by atoms with Gasteiger partial charge in [-0.25, -0.2) is 0 Å². The number of phenols is 1. The summed E-state index contributed by atoms with van der Waals surface area (Å²) in [6.45, 7) is 4.22.